The molecular weight excluding hydrogens is 166 g/mol. The molecule has 0 amide bonds. The Labute approximate surface area is 80.9 Å². The van der Waals surface area contributed by atoms with Gasteiger partial charge in [-0.2, -0.15) is 0 Å². The van der Waals surface area contributed by atoms with Gasteiger partial charge in [-0.25, -0.2) is 0 Å². The highest BCUT2D eigenvalue weighted by Crippen LogP contribution is 2.41. The molecule has 0 aromatic heterocycles. The van der Waals surface area contributed by atoms with Crippen LogP contribution in [0, 0.1) is 0 Å². The summed E-state index contributed by atoms with van der Waals surface area (Å²) in [6.07, 6.45) is 6.30. The van der Waals surface area contributed by atoms with Crippen LogP contribution in [-0.2, 0) is 0 Å². The van der Waals surface area contributed by atoms with Gasteiger partial charge in [-0.15, -0.1) is 11.8 Å². The zero-order chi connectivity index (χ0) is 9.19. The van der Waals surface area contributed by atoms with E-state index in [1.54, 1.807) is 0 Å². The fourth-order valence-electron chi connectivity index (χ4n) is 2.35. The van der Waals surface area contributed by atoms with Crippen molar-refractivity contribution < 1.29 is 0 Å². The summed E-state index contributed by atoms with van der Waals surface area (Å²) in [6, 6.07) is 0.708. The predicted molar refractivity (Wildman–Crippen MR) is 57.6 cm³/mol. The molecule has 0 aromatic carbocycles. The average Bonchev–Trinajstić information content (AvgIpc) is 2.48. The summed E-state index contributed by atoms with van der Waals surface area (Å²) in [6.45, 7) is 8.24. The van der Waals surface area contributed by atoms with Crippen LogP contribution >= 0.6 is 11.8 Å². The molecule has 1 heterocycles. The Morgan fingerprint density at radius 3 is 2.50 bits per heavy atom. The van der Waals surface area contributed by atoms with Gasteiger partial charge in [0.2, 0.25) is 0 Å². The van der Waals surface area contributed by atoms with E-state index in [-0.39, 0.29) is 0 Å². The molecule has 1 rings (SSSR count). The molecule has 0 spiro atoms. The van der Waals surface area contributed by atoms with Crippen LogP contribution in [-0.4, -0.2) is 28.6 Å². The lowest BCUT2D eigenvalue weighted by Crippen LogP contribution is -2.44. The van der Waals surface area contributed by atoms with Crippen molar-refractivity contribution >= 4 is 11.8 Å². The van der Waals surface area contributed by atoms with Crippen LogP contribution < -0.4 is 0 Å². The van der Waals surface area contributed by atoms with Crippen molar-refractivity contribution in [1.29, 1.82) is 0 Å². The lowest BCUT2D eigenvalue weighted by Gasteiger charge is -2.39. The first-order chi connectivity index (χ1) is 5.66. The van der Waals surface area contributed by atoms with E-state index in [0.29, 0.717) is 10.9 Å². The van der Waals surface area contributed by atoms with Crippen LogP contribution in [0.2, 0.25) is 0 Å². The molecule has 72 valence electrons. The van der Waals surface area contributed by atoms with Crippen LogP contribution in [0.1, 0.15) is 40.0 Å². The number of thioether (sulfide) groups is 1. The van der Waals surface area contributed by atoms with Gasteiger partial charge in [0.05, 0.1) is 4.87 Å². The van der Waals surface area contributed by atoms with Gasteiger partial charge in [-0.05, 0) is 45.9 Å². The van der Waals surface area contributed by atoms with E-state index in [0.717, 1.165) is 0 Å². The van der Waals surface area contributed by atoms with E-state index < -0.39 is 0 Å². The molecule has 1 saturated heterocycles. The molecule has 0 aromatic rings. The Bertz CT molecular complexity index is 141. The van der Waals surface area contributed by atoms with Crippen molar-refractivity contribution in [2.75, 3.05) is 12.8 Å². The highest BCUT2D eigenvalue weighted by molar-refractivity contribution is 7.99. The minimum Gasteiger partial charge on any atom is -0.287 e. The molecule has 0 aliphatic carbocycles. The highest BCUT2D eigenvalue weighted by Gasteiger charge is 2.39. The minimum absolute atomic E-state index is 0.466. The smallest absolute Gasteiger partial charge is 0.0667 e. The van der Waals surface area contributed by atoms with Crippen LogP contribution in [0.4, 0.5) is 0 Å². The lowest BCUT2D eigenvalue weighted by molar-refractivity contribution is 0.174. The quantitative estimate of drug-likeness (QED) is 0.668. The van der Waals surface area contributed by atoms with Crippen molar-refractivity contribution in [3.63, 3.8) is 0 Å². The minimum atomic E-state index is 0.466. The van der Waals surface area contributed by atoms with Crippen LogP contribution in [0.25, 0.3) is 0 Å². The molecule has 0 N–H and O–H groups in total. The summed E-state index contributed by atoms with van der Waals surface area (Å²) in [7, 11) is 0. The fraction of sp³-hybridized carbons (Fsp3) is 1.00. The maximum absolute atomic E-state index is 2.66. The molecule has 0 saturated carbocycles. The molecule has 1 nitrogen and oxygen atoms in total. The van der Waals surface area contributed by atoms with Crippen LogP contribution in [0.5, 0.6) is 0 Å². The largest absolute Gasteiger partial charge is 0.287 e. The van der Waals surface area contributed by atoms with Crippen LogP contribution in [0.3, 0.4) is 0 Å². The molecule has 0 radical (unpaired) electrons. The van der Waals surface area contributed by atoms with Crippen molar-refractivity contribution in [2.45, 2.75) is 50.9 Å². The van der Waals surface area contributed by atoms with Crippen molar-refractivity contribution in [1.82, 2.24) is 4.90 Å². The summed E-state index contributed by atoms with van der Waals surface area (Å²) in [4.78, 5) is 3.13. The molecular formula is C10H21NS. The first-order valence-corrected chi connectivity index (χ1v) is 6.20. The second kappa shape index (κ2) is 4.01. The van der Waals surface area contributed by atoms with E-state index in [4.69, 9.17) is 0 Å². The third kappa shape index (κ3) is 1.64. The van der Waals surface area contributed by atoms with Crippen molar-refractivity contribution in [3.8, 4) is 0 Å². The first-order valence-electron chi connectivity index (χ1n) is 4.98. The third-order valence-electron chi connectivity index (χ3n) is 3.05. The zero-order valence-electron chi connectivity index (χ0n) is 8.76. The Morgan fingerprint density at radius 1 is 1.50 bits per heavy atom. The molecule has 1 atom stereocenters. The normalized spacial score (nSPS) is 31.8. The SMILES string of the molecule is CCC1(SC)CCCN1C(C)C. The molecule has 1 fully saturated rings. The Kier molecular flexibility index (Phi) is 3.47. The maximum atomic E-state index is 2.66. The molecule has 0 bridgehead atoms. The van der Waals surface area contributed by atoms with E-state index in [1.165, 1.54) is 25.8 Å². The van der Waals surface area contributed by atoms with E-state index in [2.05, 4.69) is 31.9 Å². The summed E-state index contributed by atoms with van der Waals surface area (Å²) in [5, 5.41) is 0. The zero-order valence-corrected chi connectivity index (χ0v) is 9.58. The number of rotatable bonds is 3. The standard InChI is InChI=1S/C10H21NS/c1-5-10(12-4)7-6-8-11(10)9(2)3/h9H,5-8H2,1-4H3. The van der Waals surface area contributed by atoms with Gasteiger partial charge < -0.3 is 0 Å². The van der Waals surface area contributed by atoms with Gasteiger partial charge in [-0.3, -0.25) is 4.90 Å². The van der Waals surface area contributed by atoms with Gasteiger partial charge in [0, 0.05) is 6.04 Å². The van der Waals surface area contributed by atoms with E-state index in [9.17, 15) is 0 Å². The van der Waals surface area contributed by atoms with Gasteiger partial charge in [0.25, 0.3) is 0 Å². The van der Waals surface area contributed by atoms with E-state index in [1.807, 2.05) is 11.8 Å². The highest BCUT2D eigenvalue weighted by atomic mass is 32.2. The average molecular weight is 187 g/mol. The summed E-state index contributed by atoms with van der Waals surface area (Å²) in [5.41, 5.74) is 0. The molecule has 1 aliphatic heterocycles. The first kappa shape index (κ1) is 10.4. The molecule has 1 unspecified atom stereocenters. The van der Waals surface area contributed by atoms with Crippen molar-refractivity contribution in [3.05, 3.63) is 0 Å². The van der Waals surface area contributed by atoms with Crippen molar-refractivity contribution in [2.24, 2.45) is 0 Å². The number of hydrogen-bond acceptors (Lipinski definition) is 2. The fourth-order valence-corrected chi connectivity index (χ4v) is 3.52. The lowest BCUT2D eigenvalue weighted by atomic mass is 10.1. The Hall–Kier alpha value is 0.310. The third-order valence-corrected chi connectivity index (χ3v) is 4.53. The summed E-state index contributed by atoms with van der Waals surface area (Å²) >= 11 is 2.04. The van der Waals surface area contributed by atoms with Gasteiger partial charge in [0.15, 0.2) is 0 Å². The van der Waals surface area contributed by atoms with Crippen LogP contribution in [0.15, 0.2) is 0 Å². The second-order valence-corrected chi connectivity index (χ2v) is 5.06. The van der Waals surface area contributed by atoms with E-state index >= 15 is 0 Å². The Balaban J connectivity index is 2.72. The molecule has 1 aliphatic rings. The Morgan fingerprint density at radius 2 is 2.17 bits per heavy atom. The van der Waals surface area contributed by atoms with Gasteiger partial charge in [-0.1, -0.05) is 6.92 Å². The topological polar surface area (TPSA) is 3.24 Å². The van der Waals surface area contributed by atoms with Gasteiger partial charge >= 0.3 is 0 Å². The second-order valence-electron chi connectivity index (χ2n) is 3.89. The predicted octanol–water partition coefficient (Wildman–Crippen LogP) is 2.96. The summed E-state index contributed by atoms with van der Waals surface area (Å²) in [5.74, 6) is 0. The van der Waals surface area contributed by atoms with Gasteiger partial charge in [0.1, 0.15) is 0 Å². The summed E-state index contributed by atoms with van der Waals surface area (Å²) < 4.78 is 0. The molecule has 2 heteroatoms. The number of hydrogen-bond donors (Lipinski definition) is 0. The molecule has 12 heavy (non-hydrogen) atoms. The monoisotopic (exact) mass is 187 g/mol. The number of likely N-dealkylation sites (tertiary alicyclic amines) is 1. The number of nitrogens with zero attached hydrogens (tertiary/aromatic N) is 1. The maximum Gasteiger partial charge on any atom is 0.0667 e.